The van der Waals surface area contributed by atoms with Gasteiger partial charge in [0.25, 0.3) is 0 Å². The van der Waals surface area contributed by atoms with Crippen LogP contribution in [-0.2, 0) is 24.6 Å². The number of rotatable bonds is 3. The summed E-state index contributed by atoms with van der Waals surface area (Å²) in [6.07, 6.45) is -0.729. The number of likely N-dealkylation sites (tertiary alicyclic amines) is 1. The number of hydrogen-bond acceptors (Lipinski definition) is 5. The Bertz CT molecular complexity index is 952. The first kappa shape index (κ1) is 20.4. The van der Waals surface area contributed by atoms with E-state index in [0.717, 1.165) is 16.7 Å². The molecule has 2 saturated heterocycles. The van der Waals surface area contributed by atoms with Crippen LogP contribution < -0.4 is 0 Å². The van der Waals surface area contributed by atoms with E-state index in [1.54, 1.807) is 4.90 Å². The van der Waals surface area contributed by atoms with Gasteiger partial charge in [-0.2, -0.15) is 0 Å². The zero-order chi connectivity index (χ0) is 21.5. The van der Waals surface area contributed by atoms with Crippen molar-refractivity contribution < 1.29 is 23.8 Å². The zero-order valence-electron chi connectivity index (χ0n) is 17.8. The van der Waals surface area contributed by atoms with Gasteiger partial charge in [-0.3, -0.25) is 4.79 Å². The number of hydrogen-bond donors (Lipinski definition) is 0. The second kappa shape index (κ2) is 7.43. The minimum atomic E-state index is -0.781. The topological polar surface area (TPSA) is 68.4 Å². The normalized spacial score (nSPS) is 25.3. The molecule has 0 radical (unpaired) electrons. The number of methoxy groups -OCH3 is 1. The van der Waals surface area contributed by atoms with Crippen LogP contribution in [0.1, 0.15) is 26.3 Å². The number of amides is 1. The molecular weight excluding hydrogens is 382 g/mol. The van der Waals surface area contributed by atoms with E-state index in [2.05, 4.69) is 6.07 Å². The predicted octanol–water partition coefficient (Wildman–Crippen LogP) is 3.99. The number of nitrogens with zero attached hydrogens (tertiary/aromatic N) is 1. The van der Waals surface area contributed by atoms with Crippen LogP contribution in [0.3, 0.4) is 0 Å². The fraction of sp³-hybridized carbons (Fsp3) is 0.417. The van der Waals surface area contributed by atoms with Gasteiger partial charge in [-0.25, -0.2) is 4.79 Å². The number of benzene rings is 2. The number of fused-ring (bicyclic) bond motifs is 1. The van der Waals surface area contributed by atoms with Gasteiger partial charge in [-0.15, -0.1) is 0 Å². The smallest absolute Gasteiger partial charge is 0.410 e. The van der Waals surface area contributed by atoms with Crippen LogP contribution in [-0.4, -0.2) is 48.9 Å². The number of epoxide rings is 1. The highest BCUT2D eigenvalue weighted by Crippen LogP contribution is 2.56. The number of esters is 1. The summed E-state index contributed by atoms with van der Waals surface area (Å²) < 4.78 is 16.7. The number of ether oxygens (including phenoxy) is 3. The van der Waals surface area contributed by atoms with Crippen molar-refractivity contribution in [2.75, 3.05) is 20.2 Å². The predicted molar refractivity (Wildman–Crippen MR) is 112 cm³/mol. The molecule has 158 valence electrons. The van der Waals surface area contributed by atoms with Crippen molar-refractivity contribution in [3.05, 3.63) is 60.2 Å². The third-order valence-corrected chi connectivity index (χ3v) is 5.62. The molecule has 2 aromatic carbocycles. The Kier molecular flexibility index (Phi) is 5.06. The summed E-state index contributed by atoms with van der Waals surface area (Å²) in [6.45, 7) is 6.02. The maximum Gasteiger partial charge on any atom is 0.410 e. The van der Waals surface area contributed by atoms with Gasteiger partial charge in [-0.1, -0.05) is 48.5 Å². The largest absolute Gasteiger partial charge is 0.469 e. The monoisotopic (exact) mass is 409 g/mol. The van der Waals surface area contributed by atoms with Crippen LogP contribution in [0.25, 0.3) is 11.1 Å². The molecule has 0 saturated carbocycles. The van der Waals surface area contributed by atoms with Crippen molar-refractivity contribution >= 4 is 12.1 Å². The van der Waals surface area contributed by atoms with Gasteiger partial charge in [0.2, 0.25) is 0 Å². The van der Waals surface area contributed by atoms with Crippen molar-refractivity contribution in [1.29, 1.82) is 0 Å². The van der Waals surface area contributed by atoms with Gasteiger partial charge in [0, 0.05) is 6.54 Å². The third kappa shape index (κ3) is 3.67. The van der Waals surface area contributed by atoms with Gasteiger partial charge < -0.3 is 19.1 Å². The number of piperidine rings is 1. The van der Waals surface area contributed by atoms with E-state index in [1.807, 2.05) is 69.3 Å². The van der Waals surface area contributed by atoms with Crippen LogP contribution in [0.4, 0.5) is 4.79 Å². The molecule has 2 aliphatic heterocycles. The molecule has 0 aromatic heterocycles. The van der Waals surface area contributed by atoms with E-state index in [-0.39, 0.29) is 12.6 Å². The summed E-state index contributed by atoms with van der Waals surface area (Å²) in [5.74, 6) is -1.02. The van der Waals surface area contributed by atoms with Gasteiger partial charge in [-0.05, 0) is 43.5 Å². The van der Waals surface area contributed by atoms with Crippen LogP contribution in [0.2, 0.25) is 0 Å². The molecule has 0 bridgehead atoms. The SMILES string of the molecule is COC(=O)C1CN(C(=O)OC(C)(C)C)CC2OC21c1cccc(-c2ccccc2)c1. The first-order chi connectivity index (χ1) is 14.2. The van der Waals surface area contributed by atoms with Gasteiger partial charge >= 0.3 is 12.1 Å². The lowest BCUT2D eigenvalue weighted by atomic mass is 9.79. The maximum atomic E-state index is 12.7. The molecule has 0 N–H and O–H groups in total. The van der Waals surface area contributed by atoms with Gasteiger partial charge in [0.05, 0.1) is 13.7 Å². The number of carbonyl (C=O) groups is 2. The first-order valence-electron chi connectivity index (χ1n) is 10.1. The van der Waals surface area contributed by atoms with E-state index in [9.17, 15) is 9.59 Å². The Morgan fingerprint density at radius 2 is 1.73 bits per heavy atom. The van der Waals surface area contributed by atoms with Crippen molar-refractivity contribution in [3.63, 3.8) is 0 Å². The maximum absolute atomic E-state index is 12.7. The highest BCUT2D eigenvalue weighted by molar-refractivity contribution is 5.78. The molecule has 2 aliphatic rings. The lowest BCUT2D eigenvalue weighted by molar-refractivity contribution is -0.149. The fourth-order valence-electron chi connectivity index (χ4n) is 4.21. The molecule has 30 heavy (non-hydrogen) atoms. The summed E-state index contributed by atoms with van der Waals surface area (Å²) in [7, 11) is 1.36. The highest BCUT2D eigenvalue weighted by atomic mass is 16.6. The molecule has 2 heterocycles. The third-order valence-electron chi connectivity index (χ3n) is 5.62. The summed E-state index contributed by atoms with van der Waals surface area (Å²) in [6, 6.07) is 18.1. The van der Waals surface area contributed by atoms with Crippen LogP contribution in [0.15, 0.2) is 54.6 Å². The highest BCUT2D eigenvalue weighted by Gasteiger charge is 2.68. The van der Waals surface area contributed by atoms with E-state index >= 15 is 0 Å². The molecule has 0 aliphatic carbocycles. The molecule has 2 fully saturated rings. The standard InChI is InChI=1S/C24H27NO5/c1-23(2,3)30-22(27)25-14-19(21(26)28-4)24(20(15-25)29-24)18-12-8-11-17(13-18)16-9-6-5-7-10-16/h5-13,19-20H,14-15H2,1-4H3. The molecular formula is C24H27NO5. The van der Waals surface area contributed by atoms with E-state index < -0.39 is 29.2 Å². The zero-order valence-corrected chi connectivity index (χ0v) is 17.8. The molecule has 0 spiro atoms. The molecule has 6 nitrogen and oxygen atoms in total. The molecule has 3 unspecified atom stereocenters. The second-order valence-corrected chi connectivity index (χ2v) is 8.81. The molecule has 3 atom stereocenters. The van der Waals surface area contributed by atoms with E-state index in [4.69, 9.17) is 14.2 Å². The molecule has 4 rings (SSSR count). The molecule has 6 heteroatoms. The van der Waals surface area contributed by atoms with E-state index in [0.29, 0.717) is 6.54 Å². The lowest BCUT2D eigenvalue weighted by Gasteiger charge is -2.35. The van der Waals surface area contributed by atoms with Crippen molar-refractivity contribution in [3.8, 4) is 11.1 Å². The van der Waals surface area contributed by atoms with Gasteiger partial charge in [0.15, 0.2) is 0 Å². The van der Waals surface area contributed by atoms with Crippen molar-refractivity contribution in [1.82, 2.24) is 4.90 Å². The summed E-state index contributed by atoms with van der Waals surface area (Å²) in [4.78, 5) is 26.9. The summed E-state index contributed by atoms with van der Waals surface area (Å²) >= 11 is 0. The minimum Gasteiger partial charge on any atom is -0.469 e. The van der Waals surface area contributed by atoms with Crippen LogP contribution in [0, 0.1) is 5.92 Å². The lowest BCUT2D eigenvalue weighted by Crippen LogP contribution is -2.51. The Labute approximate surface area is 176 Å². The average Bonchev–Trinajstić information content (AvgIpc) is 3.48. The fourth-order valence-corrected chi connectivity index (χ4v) is 4.21. The van der Waals surface area contributed by atoms with Crippen molar-refractivity contribution in [2.24, 2.45) is 5.92 Å². The second-order valence-electron chi connectivity index (χ2n) is 8.81. The molecule has 2 aromatic rings. The van der Waals surface area contributed by atoms with Crippen LogP contribution in [0.5, 0.6) is 0 Å². The average molecular weight is 409 g/mol. The Morgan fingerprint density at radius 1 is 1.03 bits per heavy atom. The first-order valence-corrected chi connectivity index (χ1v) is 10.1. The van der Waals surface area contributed by atoms with E-state index in [1.165, 1.54) is 7.11 Å². The molecule has 1 amide bonds. The Morgan fingerprint density at radius 3 is 2.40 bits per heavy atom. The minimum absolute atomic E-state index is 0.188. The Hall–Kier alpha value is -2.86. The number of carbonyl (C=O) groups excluding carboxylic acids is 2. The van der Waals surface area contributed by atoms with Crippen molar-refractivity contribution in [2.45, 2.75) is 38.1 Å². The van der Waals surface area contributed by atoms with Crippen LogP contribution >= 0.6 is 0 Å². The summed E-state index contributed by atoms with van der Waals surface area (Å²) in [5.41, 5.74) is 1.67. The van der Waals surface area contributed by atoms with Gasteiger partial charge in [0.1, 0.15) is 23.2 Å². The summed E-state index contributed by atoms with van der Waals surface area (Å²) in [5, 5.41) is 0. The Balaban J connectivity index is 1.65. The quantitative estimate of drug-likeness (QED) is 0.566.